The van der Waals surface area contributed by atoms with Crippen LogP contribution in [0.25, 0.3) is 10.8 Å². The topological polar surface area (TPSA) is 71.4 Å². The Kier molecular flexibility index (Phi) is 5.30. The van der Waals surface area contributed by atoms with Crippen LogP contribution in [0.5, 0.6) is 0 Å². The molecule has 1 N–H and O–H groups in total. The molecule has 0 radical (unpaired) electrons. The molecular weight excluding hydrogens is 251 g/mol. The molecule has 0 saturated carbocycles. The van der Waals surface area contributed by atoms with Crippen molar-refractivity contribution in [1.82, 2.24) is 0 Å². The van der Waals surface area contributed by atoms with Gasteiger partial charge in [0.05, 0.1) is 0 Å². The van der Waals surface area contributed by atoms with E-state index in [-0.39, 0.29) is 4.90 Å². The molecule has 17 heavy (non-hydrogen) atoms. The maximum atomic E-state index is 11.0. The fourth-order valence-electron chi connectivity index (χ4n) is 1.42. The summed E-state index contributed by atoms with van der Waals surface area (Å²) in [5.74, 6) is 0. The van der Waals surface area contributed by atoms with Crippen molar-refractivity contribution in [3.05, 3.63) is 42.5 Å². The molecule has 2 aromatic rings. The van der Waals surface area contributed by atoms with Crippen LogP contribution in [-0.2, 0) is 14.9 Å². The Morgan fingerprint density at radius 3 is 2.18 bits per heavy atom. The number of fused-ring (bicyclic) bond motifs is 1. The van der Waals surface area contributed by atoms with E-state index in [1.807, 2.05) is 6.07 Å². The van der Waals surface area contributed by atoms with Gasteiger partial charge in [0.25, 0.3) is 10.1 Å². The molecule has 2 aromatic carbocycles. The van der Waals surface area contributed by atoms with E-state index in [4.69, 9.17) is 9.35 Å². The summed E-state index contributed by atoms with van der Waals surface area (Å²) in [6.45, 7) is 0. The van der Waals surface area contributed by atoms with Crippen LogP contribution in [-0.4, -0.2) is 44.4 Å². The molecule has 0 aromatic heterocycles. The SMILES string of the molecule is O=S(=O)(O)c1cccc2ccccc12.O=[CH][Na]. The molecule has 0 bridgehead atoms. The first-order valence-electron chi connectivity index (χ1n) is 4.85. The summed E-state index contributed by atoms with van der Waals surface area (Å²) in [5, 5.41) is 1.33. The van der Waals surface area contributed by atoms with Gasteiger partial charge < -0.3 is 0 Å². The molecule has 0 aliphatic rings. The third-order valence-corrected chi connectivity index (χ3v) is 2.94. The normalized spacial score (nSPS) is 10.5. The molecule has 0 aliphatic heterocycles. The third kappa shape index (κ3) is 3.90. The Hall–Kier alpha value is -0.720. The van der Waals surface area contributed by atoms with Gasteiger partial charge in [0.2, 0.25) is 0 Å². The van der Waals surface area contributed by atoms with Gasteiger partial charge in [-0.15, -0.1) is 0 Å². The van der Waals surface area contributed by atoms with E-state index in [9.17, 15) is 8.42 Å². The molecule has 4 nitrogen and oxygen atoms in total. The van der Waals surface area contributed by atoms with Gasteiger partial charge >= 0.3 is 36.3 Å². The van der Waals surface area contributed by atoms with Gasteiger partial charge in [0, 0.05) is 5.39 Å². The Labute approximate surface area is 117 Å². The molecular formula is C11H9NaO4S. The first kappa shape index (κ1) is 14.3. The predicted molar refractivity (Wildman–Crippen MR) is 66.3 cm³/mol. The second-order valence-corrected chi connectivity index (χ2v) is 5.05. The fraction of sp³-hybridized carbons (Fsp3) is 0. The zero-order valence-electron chi connectivity index (χ0n) is 9.20. The summed E-state index contributed by atoms with van der Waals surface area (Å²) >= 11 is 0.688. The second-order valence-electron chi connectivity index (χ2n) is 3.19. The number of carbonyl (C=O) groups excluding carboxylic acids is 1. The zero-order valence-corrected chi connectivity index (χ0v) is 12.0. The van der Waals surface area contributed by atoms with Crippen molar-refractivity contribution in [3.8, 4) is 0 Å². The van der Waals surface area contributed by atoms with Gasteiger partial charge in [0.1, 0.15) is 4.90 Å². The molecule has 2 rings (SSSR count). The zero-order chi connectivity index (χ0) is 12.9. The van der Waals surface area contributed by atoms with Crippen molar-refractivity contribution in [2.45, 2.75) is 4.90 Å². The van der Waals surface area contributed by atoms with E-state index in [0.717, 1.165) is 8.92 Å². The van der Waals surface area contributed by atoms with Crippen molar-refractivity contribution in [2.24, 2.45) is 0 Å². The van der Waals surface area contributed by atoms with E-state index in [2.05, 4.69) is 0 Å². The van der Waals surface area contributed by atoms with E-state index >= 15 is 0 Å². The Bertz CT molecular complexity index is 617. The molecule has 0 saturated heterocycles. The van der Waals surface area contributed by atoms with Gasteiger partial charge in [-0.3, -0.25) is 4.55 Å². The fourth-order valence-corrected chi connectivity index (χ4v) is 2.13. The summed E-state index contributed by atoms with van der Waals surface area (Å²) in [6, 6.07) is 11.8. The third-order valence-electron chi connectivity index (χ3n) is 2.03. The van der Waals surface area contributed by atoms with Gasteiger partial charge in [-0.25, -0.2) is 0 Å². The number of carbonyl (C=O) groups is 1. The van der Waals surface area contributed by atoms with Crippen LogP contribution in [0, 0.1) is 0 Å². The number of benzene rings is 2. The maximum absolute atomic E-state index is 11.0. The minimum absolute atomic E-state index is 0.0457. The van der Waals surface area contributed by atoms with Gasteiger partial charge in [0.15, 0.2) is 0 Å². The monoisotopic (exact) mass is 260 g/mol. The molecule has 0 fully saturated rings. The van der Waals surface area contributed by atoms with Crippen molar-refractivity contribution >= 4 is 52.4 Å². The predicted octanol–water partition coefficient (Wildman–Crippen LogP) is 1.43. The van der Waals surface area contributed by atoms with Gasteiger partial charge in [-0.2, -0.15) is 8.42 Å². The van der Waals surface area contributed by atoms with Crippen LogP contribution in [0.4, 0.5) is 0 Å². The summed E-state index contributed by atoms with van der Waals surface area (Å²) < 4.78 is 31.9. The molecule has 0 spiro atoms. The van der Waals surface area contributed by atoms with Crippen LogP contribution >= 0.6 is 0 Å². The van der Waals surface area contributed by atoms with Gasteiger partial charge in [-0.1, -0.05) is 36.4 Å². The van der Waals surface area contributed by atoms with E-state index in [0.29, 0.717) is 33.3 Å². The van der Waals surface area contributed by atoms with Crippen molar-refractivity contribution in [3.63, 3.8) is 0 Å². The average molecular weight is 260 g/mol. The quantitative estimate of drug-likeness (QED) is 0.478. The van der Waals surface area contributed by atoms with E-state index in [1.54, 1.807) is 30.3 Å². The van der Waals surface area contributed by atoms with Crippen LogP contribution < -0.4 is 0 Å². The van der Waals surface area contributed by atoms with Crippen molar-refractivity contribution in [1.29, 1.82) is 0 Å². The molecule has 0 unspecified atom stereocenters. The first-order valence-corrected chi connectivity index (χ1v) is 7.45. The number of hydrogen-bond acceptors (Lipinski definition) is 3. The number of rotatable bonds is 1. The molecule has 84 valence electrons. The molecule has 0 amide bonds. The van der Waals surface area contributed by atoms with Crippen LogP contribution in [0.1, 0.15) is 0 Å². The van der Waals surface area contributed by atoms with Gasteiger partial charge in [-0.05, 0) is 11.5 Å². The molecule has 0 aliphatic carbocycles. The van der Waals surface area contributed by atoms with E-state index in [1.165, 1.54) is 6.07 Å². The summed E-state index contributed by atoms with van der Waals surface area (Å²) in [6.07, 6.45) is 0. The first-order chi connectivity index (χ1) is 8.00. The van der Waals surface area contributed by atoms with Crippen LogP contribution in [0.2, 0.25) is 0 Å². The summed E-state index contributed by atoms with van der Waals surface area (Å²) in [4.78, 5) is 8.82. The Morgan fingerprint density at radius 2 is 1.59 bits per heavy atom. The second kappa shape index (κ2) is 6.28. The minimum atomic E-state index is -4.13. The van der Waals surface area contributed by atoms with E-state index < -0.39 is 10.1 Å². The van der Waals surface area contributed by atoms with Crippen molar-refractivity contribution in [2.75, 3.05) is 0 Å². The summed E-state index contributed by atoms with van der Waals surface area (Å²) in [5.41, 5.74) is 0. The molecule has 0 atom stereocenters. The standard InChI is InChI=1S/C10H8O3S.CHO.Na/c11-14(12,13)10-7-3-5-8-4-1-2-6-9(8)10;1-2;/h1-7H,(H,11,12,13);1H;. The Balaban J connectivity index is 0.000000437. The summed E-state index contributed by atoms with van der Waals surface area (Å²) in [7, 11) is -4.13. The van der Waals surface area contributed by atoms with Crippen LogP contribution in [0.15, 0.2) is 47.4 Å². The molecule has 6 heteroatoms. The number of hydrogen-bond donors (Lipinski definition) is 1. The van der Waals surface area contributed by atoms with Crippen LogP contribution in [0.3, 0.4) is 0 Å². The molecule has 0 heterocycles. The average Bonchev–Trinajstić information content (AvgIpc) is 2.28. The van der Waals surface area contributed by atoms with Crippen molar-refractivity contribution < 1.29 is 17.8 Å². The Morgan fingerprint density at radius 1 is 1.06 bits per heavy atom.